The van der Waals surface area contributed by atoms with Crippen molar-refractivity contribution < 1.29 is 14.1 Å². The van der Waals surface area contributed by atoms with E-state index < -0.39 is 22.3 Å². The maximum Gasteiger partial charge on any atom is 0.304 e. The lowest BCUT2D eigenvalue weighted by Gasteiger charge is -2.23. The van der Waals surface area contributed by atoms with Gasteiger partial charge in [0.25, 0.3) is 5.91 Å². The fourth-order valence-electron chi connectivity index (χ4n) is 2.60. The van der Waals surface area contributed by atoms with Crippen molar-refractivity contribution >= 4 is 11.6 Å². The van der Waals surface area contributed by atoms with Gasteiger partial charge in [0.2, 0.25) is 5.82 Å². The van der Waals surface area contributed by atoms with Crippen LogP contribution in [-0.4, -0.2) is 17.4 Å². The zero-order valence-electron chi connectivity index (χ0n) is 11.3. The number of halogens is 1. The number of nitrogens with zero attached hydrogens (tertiary/aromatic N) is 1. The number of carbonyl (C=O) groups is 1. The van der Waals surface area contributed by atoms with Crippen molar-refractivity contribution in [1.29, 1.82) is 0 Å². The quantitative estimate of drug-likeness (QED) is 0.680. The van der Waals surface area contributed by atoms with Gasteiger partial charge in [-0.15, -0.1) is 0 Å². The van der Waals surface area contributed by atoms with E-state index in [1.54, 1.807) is 0 Å². The number of nitrogens with one attached hydrogen (secondary N) is 1. The van der Waals surface area contributed by atoms with E-state index in [0.29, 0.717) is 6.54 Å². The Morgan fingerprint density at radius 1 is 1.45 bits per heavy atom. The second-order valence-electron chi connectivity index (χ2n) is 5.62. The monoisotopic (exact) mass is 280 g/mol. The van der Waals surface area contributed by atoms with Crippen LogP contribution in [0.25, 0.3) is 0 Å². The Morgan fingerprint density at radius 3 is 2.65 bits per heavy atom. The third-order valence-corrected chi connectivity index (χ3v) is 3.89. The Kier molecular flexibility index (Phi) is 4.01. The lowest BCUT2D eigenvalue weighted by Crippen LogP contribution is -2.34. The van der Waals surface area contributed by atoms with Gasteiger partial charge < -0.3 is 5.32 Å². The van der Waals surface area contributed by atoms with Crippen LogP contribution in [0.15, 0.2) is 18.2 Å². The van der Waals surface area contributed by atoms with Gasteiger partial charge in [0, 0.05) is 18.2 Å². The minimum Gasteiger partial charge on any atom is -0.351 e. The summed E-state index contributed by atoms with van der Waals surface area (Å²) in [6.45, 7) is 2.67. The van der Waals surface area contributed by atoms with Gasteiger partial charge in [-0.25, -0.2) is 0 Å². The Hall–Kier alpha value is -1.98. The topological polar surface area (TPSA) is 72.2 Å². The lowest BCUT2D eigenvalue weighted by molar-refractivity contribution is -0.387. The summed E-state index contributed by atoms with van der Waals surface area (Å²) in [6, 6.07) is 3.19. The number of nitro benzene ring substituents is 1. The normalized spacial score (nSPS) is 16.9. The van der Waals surface area contributed by atoms with Crippen LogP contribution in [0.2, 0.25) is 0 Å². The van der Waals surface area contributed by atoms with Crippen LogP contribution in [0.1, 0.15) is 43.0 Å². The molecule has 0 heterocycles. The average molecular weight is 280 g/mol. The first-order valence-electron chi connectivity index (χ1n) is 6.63. The summed E-state index contributed by atoms with van der Waals surface area (Å²) in [7, 11) is 0. The summed E-state index contributed by atoms with van der Waals surface area (Å²) in [4.78, 5) is 21.6. The van der Waals surface area contributed by atoms with Crippen LogP contribution in [0, 0.1) is 21.3 Å². The zero-order chi connectivity index (χ0) is 14.8. The molecule has 1 aromatic rings. The molecule has 0 radical (unpaired) electrons. The third kappa shape index (κ3) is 3.12. The molecule has 108 valence electrons. The molecule has 1 fully saturated rings. The number of benzene rings is 1. The molecule has 0 atom stereocenters. The van der Waals surface area contributed by atoms with Crippen molar-refractivity contribution in [2.75, 3.05) is 6.54 Å². The highest BCUT2D eigenvalue weighted by Gasteiger charge is 2.29. The van der Waals surface area contributed by atoms with Crippen molar-refractivity contribution in [2.24, 2.45) is 5.41 Å². The number of rotatable bonds is 4. The van der Waals surface area contributed by atoms with E-state index in [0.717, 1.165) is 25.0 Å². The summed E-state index contributed by atoms with van der Waals surface area (Å²) in [5, 5.41) is 13.3. The molecular weight excluding hydrogens is 263 g/mol. The summed E-state index contributed by atoms with van der Waals surface area (Å²) in [6.07, 6.45) is 4.47. The van der Waals surface area contributed by atoms with E-state index in [2.05, 4.69) is 12.2 Å². The van der Waals surface area contributed by atoms with Gasteiger partial charge in [0.1, 0.15) is 0 Å². The highest BCUT2D eigenvalue weighted by atomic mass is 19.1. The molecule has 1 aliphatic rings. The van der Waals surface area contributed by atoms with Crippen molar-refractivity contribution in [1.82, 2.24) is 5.32 Å². The first kappa shape index (κ1) is 14.4. The number of nitro groups is 1. The molecule has 1 saturated carbocycles. The predicted molar refractivity (Wildman–Crippen MR) is 72.0 cm³/mol. The average Bonchev–Trinajstić information content (AvgIpc) is 2.83. The molecule has 1 amide bonds. The Labute approximate surface area is 116 Å². The maximum absolute atomic E-state index is 13.5. The molecular formula is C14H17FN2O3. The maximum atomic E-state index is 13.5. The number of amides is 1. The highest BCUT2D eigenvalue weighted by Crippen LogP contribution is 2.36. The molecule has 0 bridgehead atoms. The molecule has 0 aliphatic heterocycles. The van der Waals surface area contributed by atoms with Crippen molar-refractivity contribution in [3.05, 3.63) is 39.7 Å². The molecule has 1 aliphatic carbocycles. The SMILES string of the molecule is CC1(CNC(=O)c2ccc([N+](=O)[O-])c(F)c2)CCCC1. The molecule has 1 aromatic carbocycles. The van der Waals surface area contributed by atoms with E-state index in [4.69, 9.17) is 0 Å². The summed E-state index contributed by atoms with van der Waals surface area (Å²) >= 11 is 0. The van der Waals surface area contributed by atoms with E-state index in [9.17, 15) is 19.3 Å². The molecule has 2 rings (SSSR count). The Bertz CT molecular complexity index is 539. The van der Waals surface area contributed by atoms with Crippen LogP contribution in [0.3, 0.4) is 0 Å². The number of hydrogen-bond donors (Lipinski definition) is 1. The van der Waals surface area contributed by atoms with Gasteiger partial charge >= 0.3 is 5.69 Å². The number of carbonyl (C=O) groups excluding carboxylic acids is 1. The first-order chi connectivity index (χ1) is 9.41. The highest BCUT2D eigenvalue weighted by molar-refractivity contribution is 5.94. The van der Waals surface area contributed by atoms with Crippen molar-refractivity contribution in [2.45, 2.75) is 32.6 Å². The smallest absolute Gasteiger partial charge is 0.304 e. The Morgan fingerprint density at radius 2 is 2.10 bits per heavy atom. The molecule has 0 unspecified atom stereocenters. The number of hydrogen-bond acceptors (Lipinski definition) is 3. The van der Waals surface area contributed by atoms with Gasteiger partial charge in [-0.2, -0.15) is 4.39 Å². The van der Waals surface area contributed by atoms with Gasteiger partial charge in [0.15, 0.2) is 0 Å². The summed E-state index contributed by atoms with van der Waals surface area (Å²) in [5.41, 5.74) is -0.409. The van der Waals surface area contributed by atoms with Crippen LogP contribution in [0.5, 0.6) is 0 Å². The molecule has 20 heavy (non-hydrogen) atoms. The zero-order valence-corrected chi connectivity index (χ0v) is 11.3. The lowest BCUT2D eigenvalue weighted by atomic mass is 9.89. The van der Waals surface area contributed by atoms with Crippen LogP contribution < -0.4 is 5.32 Å². The fourth-order valence-corrected chi connectivity index (χ4v) is 2.60. The van der Waals surface area contributed by atoms with E-state index in [1.807, 2.05) is 0 Å². The second kappa shape index (κ2) is 5.56. The minimum absolute atomic E-state index is 0.106. The Balaban J connectivity index is 2.02. The van der Waals surface area contributed by atoms with Crippen LogP contribution >= 0.6 is 0 Å². The molecule has 1 N–H and O–H groups in total. The van der Waals surface area contributed by atoms with Gasteiger partial charge in [-0.05, 0) is 30.4 Å². The molecule has 5 nitrogen and oxygen atoms in total. The first-order valence-corrected chi connectivity index (χ1v) is 6.63. The predicted octanol–water partition coefficient (Wildman–Crippen LogP) is 3.04. The molecule has 0 saturated heterocycles. The van der Waals surface area contributed by atoms with E-state index in [1.165, 1.54) is 18.9 Å². The minimum atomic E-state index is -0.991. The molecule has 6 heteroatoms. The van der Waals surface area contributed by atoms with E-state index in [-0.39, 0.29) is 11.0 Å². The summed E-state index contributed by atoms with van der Waals surface area (Å²) in [5.74, 6) is -1.39. The van der Waals surface area contributed by atoms with Gasteiger partial charge in [-0.1, -0.05) is 19.8 Å². The molecule has 0 aromatic heterocycles. The van der Waals surface area contributed by atoms with Crippen molar-refractivity contribution in [3.8, 4) is 0 Å². The standard InChI is InChI=1S/C14H17FN2O3/c1-14(6-2-3-7-14)9-16-13(18)10-4-5-12(17(19)20)11(15)8-10/h4-5,8H,2-3,6-7,9H2,1H3,(H,16,18). The van der Waals surface area contributed by atoms with Crippen LogP contribution in [-0.2, 0) is 0 Å². The second-order valence-corrected chi connectivity index (χ2v) is 5.62. The summed E-state index contributed by atoms with van der Waals surface area (Å²) < 4.78 is 13.5. The van der Waals surface area contributed by atoms with Crippen molar-refractivity contribution in [3.63, 3.8) is 0 Å². The molecule has 0 spiro atoms. The third-order valence-electron chi connectivity index (χ3n) is 3.89. The van der Waals surface area contributed by atoms with E-state index >= 15 is 0 Å². The van der Waals surface area contributed by atoms with Gasteiger partial charge in [0.05, 0.1) is 4.92 Å². The van der Waals surface area contributed by atoms with Gasteiger partial charge in [-0.3, -0.25) is 14.9 Å². The fraction of sp³-hybridized carbons (Fsp3) is 0.500. The van der Waals surface area contributed by atoms with Crippen LogP contribution in [0.4, 0.5) is 10.1 Å². The largest absolute Gasteiger partial charge is 0.351 e.